The maximum absolute atomic E-state index is 9.36. The molecule has 2 rings (SSSR count). The van der Waals surface area contributed by atoms with Gasteiger partial charge in [-0.15, -0.1) is 0 Å². The van der Waals surface area contributed by atoms with E-state index in [1.54, 1.807) is 12.4 Å². The highest BCUT2D eigenvalue weighted by Gasteiger charge is 2.22. The molecule has 1 fully saturated rings. The second-order valence-corrected chi connectivity index (χ2v) is 4.38. The van der Waals surface area contributed by atoms with Crippen molar-refractivity contribution in [2.45, 2.75) is 25.4 Å². The summed E-state index contributed by atoms with van der Waals surface area (Å²) in [4.78, 5) is 8.08. The molecule has 0 spiro atoms. The van der Waals surface area contributed by atoms with E-state index in [0.29, 0.717) is 16.9 Å². The maximum atomic E-state index is 9.36. The first kappa shape index (κ1) is 10.6. The fraction of sp³-hybridized carbons (Fsp3) is 0.600. The zero-order valence-electron chi connectivity index (χ0n) is 8.36. The van der Waals surface area contributed by atoms with E-state index >= 15 is 0 Å². The monoisotopic (exact) mass is 227 g/mol. The van der Waals surface area contributed by atoms with Gasteiger partial charge in [-0.1, -0.05) is 11.6 Å². The third kappa shape index (κ3) is 3.04. The highest BCUT2D eigenvalue weighted by atomic mass is 35.5. The molecule has 0 amide bonds. The van der Waals surface area contributed by atoms with Gasteiger partial charge >= 0.3 is 0 Å². The van der Waals surface area contributed by atoms with Gasteiger partial charge in [0.05, 0.1) is 23.5 Å². The third-order valence-electron chi connectivity index (χ3n) is 2.68. The molecule has 1 heterocycles. The Morgan fingerprint density at radius 2 is 2.13 bits per heavy atom. The van der Waals surface area contributed by atoms with Gasteiger partial charge in [0.15, 0.2) is 0 Å². The Labute approximate surface area is 93.7 Å². The van der Waals surface area contributed by atoms with Crippen LogP contribution in [0.3, 0.4) is 0 Å². The van der Waals surface area contributed by atoms with E-state index in [1.807, 2.05) is 0 Å². The highest BCUT2D eigenvalue weighted by Crippen LogP contribution is 2.25. The van der Waals surface area contributed by atoms with Crippen LogP contribution in [0.5, 0.6) is 0 Å². The lowest BCUT2D eigenvalue weighted by Crippen LogP contribution is -2.14. The molecule has 2 atom stereocenters. The number of aromatic nitrogens is 2. The van der Waals surface area contributed by atoms with Crippen LogP contribution in [0.1, 0.15) is 19.3 Å². The summed E-state index contributed by atoms with van der Waals surface area (Å²) in [6, 6.07) is 0. The highest BCUT2D eigenvalue weighted by molar-refractivity contribution is 6.30. The van der Waals surface area contributed by atoms with Crippen LogP contribution in [0.2, 0.25) is 5.02 Å². The molecule has 1 aromatic heterocycles. The first-order chi connectivity index (χ1) is 7.24. The van der Waals surface area contributed by atoms with Crippen molar-refractivity contribution in [3.8, 4) is 0 Å². The fourth-order valence-electron chi connectivity index (χ4n) is 1.87. The molecule has 1 aliphatic carbocycles. The lowest BCUT2D eigenvalue weighted by Gasteiger charge is -2.10. The molecule has 15 heavy (non-hydrogen) atoms. The van der Waals surface area contributed by atoms with E-state index in [2.05, 4.69) is 15.3 Å². The van der Waals surface area contributed by atoms with E-state index < -0.39 is 0 Å². The molecule has 2 unspecified atom stereocenters. The van der Waals surface area contributed by atoms with Crippen LogP contribution in [0.25, 0.3) is 0 Å². The Kier molecular flexibility index (Phi) is 3.38. The largest absolute Gasteiger partial charge is 0.393 e. The van der Waals surface area contributed by atoms with Crippen LogP contribution in [0.15, 0.2) is 12.4 Å². The number of hydrogen-bond donors (Lipinski definition) is 2. The van der Waals surface area contributed by atoms with Crippen molar-refractivity contribution in [1.29, 1.82) is 0 Å². The first-order valence-electron chi connectivity index (χ1n) is 5.13. The summed E-state index contributed by atoms with van der Waals surface area (Å²) >= 11 is 5.67. The summed E-state index contributed by atoms with van der Waals surface area (Å²) in [5.74, 6) is 1.13. The Balaban J connectivity index is 1.80. The van der Waals surface area contributed by atoms with Crippen molar-refractivity contribution < 1.29 is 5.11 Å². The van der Waals surface area contributed by atoms with Crippen LogP contribution < -0.4 is 5.32 Å². The van der Waals surface area contributed by atoms with E-state index in [-0.39, 0.29) is 6.10 Å². The molecule has 0 aliphatic heterocycles. The number of rotatable bonds is 3. The number of nitrogens with zero attached hydrogens (tertiary/aromatic N) is 2. The normalized spacial score (nSPS) is 25.5. The number of nitrogens with one attached hydrogen (secondary N) is 1. The van der Waals surface area contributed by atoms with Gasteiger partial charge < -0.3 is 10.4 Å². The Morgan fingerprint density at radius 3 is 2.73 bits per heavy atom. The van der Waals surface area contributed by atoms with Gasteiger partial charge in [0, 0.05) is 6.54 Å². The number of aliphatic hydroxyl groups is 1. The second-order valence-electron chi connectivity index (χ2n) is 3.94. The predicted molar refractivity (Wildman–Crippen MR) is 58.9 cm³/mol. The van der Waals surface area contributed by atoms with Crippen LogP contribution in [-0.4, -0.2) is 27.7 Å². The molecule has 2 N–H and O–H groups in total. The van der Waals surface area contributed by atoms with Crippen molar-refractivity contribution >= 4 is 17.5 Å². The van der Waals surface area contributed by atoms with Gasteiger partial charge in [-0.05, 0) is 25.2 Å². The standard InChI is InChI=1S/C10H14ClN3O/c11-8-5-13-10(14-6-8)12-4-7-1-2-9(15)3-7/h5-7,9,15H,1-4H2,(H,12,13,14). The number of anilines is 1. The van der Waals surface area contributed by atoms with Crippen molar-refractivity contribution in [3.05, 3.63) is 17.4 Å². The number of hydrogen-bond acceptors (Lipinski definition) is 4. The SMILES string of the molecule is OC1CCC(CNc2ncc(Cl)cn2)C1. The lowest BCUT2D eigenvalue weighted by molar-refractivity contribution is 0.178. The van der Waals surface area contributed by atoms with Crippen LogP contribution in [-0.2, 0) is 0 Å². The number of halogens is 1. The summed E-state index contributed by atoms with van der Waals surface area (Å²) in [5.41, 5.74) is 0. The predicted octanol–water partition coefficient (Wildman–Crippen LogP) is 1.70. The van der Waals surface area contributed by atoms with E-state index in [9.17, 15) is 5.11 Å². The van der Waals surface area contributed by atoms with Gasteiger partial charge in [0.2, 0.25) is 5.95 Å². The van der Waals surface area contributed by atoms with Crippen LogP contribution in [0, 0.1) is 5.92 Å². The van der Waals surface area contributed by atoms with Gasteiger partial charge in [0.25, 0.3) is 0 Å². The van der Waals surface area contributed by atoms with Crippen molar-refractivity contribution in [1.82, 2.24) is 9.97 Å². The summed E-state index contributed by atoms with van der Waals surface area (Å²) in [5, 5.41) is 13.0. The van der Waals surface area contributed by atoms with Gasteiger partial charge in [-0.3, -0.25) is 0 Å². The smallest absolute Gasteiger partial charge is 0.222 e. The molecule has 5 heteroatoms. The van der Waals surface area contributed by atoms with Crippen molar-refractivity contribution in [3.63, 3.8) is 0 Å². The zero-order chi connectivity index (χ0) is 10.7. The second kappa shape index (κ2) is 4.77. The Morgan fingerprint density at radius 1 is 1.40 bits per heavy atom. The average molecular weight is 228 g/mol. The van der Waals surface area contributed by atoms with Gasteiger partial charge in [-0.25, -0.2) is 9.97 Å². The molecule has 1 aromatic rings. The Bertz CT molecular complexity index is 317. The molecule has 0 radical (unpaired) electrons. The average Bonchev–Trinajstić information content (AvgIpc) is 2.64. The summed E-state index contributed by atoms with van der Waals surface area (Å²) in [6.07, 6.45) is 5.87. The summed E-state index contributed by atoms with van der Waals surface area (Å²) in [6.45, 7) is 0.818. The minimum atomic E-state index is -0.122. The van der Waals surface area contributed by atoms with E-state index in [4.69, 9.17) is 11.6 Å². The molecule has 0 saturated heterocycles. The van der Waals surface area contributed by atoms with Gasteiger partial charge in [0.1, 0.15) is 0 Å². The van der Waals surface area contributed by atoms with Crippen LogP contribution in [0.4, 0.5) is 5.95 Å². The fourth-order valence-corrected chi connectivity index (χ4v) is 1.97. The molecule has 4 nitrogen and oxygen atoms in total. The topological polar surface area (TPSA) is 58.0 Å². The molecule has 1 saturated carbocycles. The zero-order valence-corrected chi connectivity index (χ0v) is 9.11. The van der Waals surface area contributed by atoms with Crippen molar-refractivity contribution in [2.75, 3.05) is 11.9 Å². The molecule has 0 bridgehead atoms. The molecule has 0 aromatic carbocycles. The lowest BCUT2D eigenvalue weighted by atomic mass is 10.1. The van der Waals surface area contributed by atoms with Crippen LogP contribution >= 0.6 is 11.6 Å². The van der Waals surface area contributed by atoms with E-state index in [1.165, 1.54) is 0 Å². The molecular formula is C10H14ClN3O. The first-order valence-corrected chi connectivity index (χ1v) is 5.51. The summed E-state index contributed by atoms with van der Waals surface area (Å²) < 4.78 is 0. The quantitative estimate of drug-likeness (QED) is 0.826. The maximum Gasteiger partial charge on any atom is 0.222 e. The molecular weight excluding hydrogens is 214 g/mol. The molecule has 82 valence electrons. The van der Waals surface area contributed by atoms with E-state index in [0.717, 1.165) is 25.8 Å². The van der Waals surface area contributed by atoms with Crippen molar-refractivity contribution in [2.24, 2.45) is 5.92 Å². The van der Waals surface area contributed by atoms with Gasteiger partial charge in [-0.2, -0.15) is 0 Å². The molecule has 1 aliphatic rings. The minimum Gasteiger partial charge on any atom is -0.393 e. The minimum absolute atomic E-state index is 0.122. The summed E-state index contributed by atoms with van der Waals surface area (Å²) in [7, 11) is 0. The Hall–Kier alpha value is -0.870. The third-order valence-corrected chi connectivity index (χ3v) is 2.88. The number of aliphatic hydroxyl groups excluding tert-OH is 1.